The van der Waals surface area contributed by atoms with Crippen LogP contribution in [0.3, 0.4) is 0 Å². The molecule has 0 unspecified atom stereocenters. The highest BCUT2D eigenvalue weighted by Gasteiger charge is 2.19. The smallest absolute Gasteiger partial charge is 0.222 e. The molecule has 0 heterocycles. The van der Waals surface area contributed by atoms with Gasteiger partial charge in [-0.25, -0.2) is 0 Å². The van der Waals surface area contributed by atoms with Crippen LogP contribution in [0.25, 0.3) is 0 Å². The molecule has 6 nitrogen and oxygen atoms in total. The van der Waals surface area contributed by atoms with Gasteiger partial charge in [0.25, 0.3) is 0 Å². The number of carbonyl (C=O) groups is 2. The molecule has 1 aliphatic rings. The number of hydrogen-bond donors (Lipinski definition) is 1. The van der Waals surface area contributed by atoms with E-state index in [9.17, 15) is 14.1 Å². The molecule has 67 heavy (non-hydrogen) atoms. The maximum absolute atomic E-state index is 14.6. The Morgan fingerprint density at radius 2 is 0.552 bits per heavy atom. The van der Waals surface area contributed by atoms with Crippen LogP contribution in [0.2, 0.25) is 0 Å². The van der Waals surface area contributed by atoms with E-state index >= 15 is 0 Å². The lowest BCUT2D eigenvalue weighted by molar-refractivity contribution is -0.132. The van der Waals surface area contributed by atoms with E-state index in [0.29, 0.717) is 50.3 Å². The zero-order valence-corrected chi connectivity index (χ0v) is 46.0. The van der Waals surface area contributed by atoms with Crippen molar-refractivity contribution in [1.29, 1.82) is 0 Å². The molecular weight excluding hydrogens is 830 g/mol. The first kappa shape index (κ1) is 65.8. The van der Waals surface area contributed by atoms with Crippen LogP contribution in [0.15, 0.2) is 0 Å². The Labute approximate surface area is 419 Å². The first-order valence-corrected chi connectivity index (χ1v) is 30.5. The fourth-order valence-corrected chi connectivity index (χ4v) is 9.38. The van der Waals surface area contributed by atoms with Gasteiger partial charge in [0.2, 0.25) is 11.8 Å². The average molecular weight is 951 g/mol. The zero-order valence-electron chi connectivity index (χ0n) is 46.0. The normalized spacial score (nSPS) is 12.5. The van der Waals surface area contributed by atoms with Crippen molar-refractivity contribution in [3.05, 3.63) is 0 Å². The van der Waals surface area contributed by atoms with E-state index in [0.717, 1.165) is 121 Å². The van der Waals surface area contributed by atoms with Crippen molar-refractivity contribution in [2.24, 2.45) is 5.92 Å². The van der Waals surface area contributed by atoms with Gasteiger partial charge in [-0.2, -0.15) is 0 Å². The Morgan fingerprint density at radius 3 is 0.761 bits per heavy atom. The quantitative estimate of drug-likeness (QED) is 0.0487. The molecule has 1 aliphatic carbocycles. The molecule has 0 aromatic rings. The summed E-state index contributed by atoms with van der Waals surface area (Å²) in [6, 6.07) is 0. The van der Waals surface area contributed by atoms with E-state index in [1.807, 2.05) is 0 Å². The maximum Gasteiger partial charge on any atom is 0.222 e. The Balaban J connectivity index is 0.00000811. The van der Waals surface area contributed by atoms with Gasteiger partial charge in [0.1, 0.15) is 0 Å². The van der Waals surface area contributed by atoms with Gasteiger partial charge < -0.3 is 14.9 Å². The highest BCUT2D eigenvalue weighted by Crippen LogP contribution is 2.27. The summed E-state index contributed by atoms with van der Waals surface area (Å²) in [6.07, 6.45) is 55.7. The fraction of sp³-hybridized carbons (Fsp3) is 0.967. The lowest BCUT2D eigenvalue weighted by atomic mass is 10.1. The van der Waals surface area contributed by atoms with Crippen LogP contribution in [0.5, 0.6) is 0 Å². The minimum Gasteiger partial charge on any atom is -0.396 e. The molecule has 0 aromatic heterocycles. The van der Waals surface area contributed by atoms with Crippen LogP contribution in [-0.2, 0) is 9.59 Å². The molecule has 7 heteroatoms. The van der Waals surface area contributed by atoms with Crippen LogP contribution in [0.4, 0.5) is 4.48 Å². The van der Waals surface area contributed by atoms with Crippen molar-refractivity contribution in [2.75, 3.05) is 45.9 Å². The first-order chi connectivity index (χ1) is 32.9. The highest BCUT2D eigenvalue weighted by atomic mass is 19.2. The number of aliphatic hydroxyl groups excluding tert-OH is 1. The summed E-state index contributed by atoms with van der Waals surface area (Å²) in [7, 11) is 0. The van der Waals surface area contributed by atoms with E-state index in [1.165, 1.54) is 193 Å². The Hall–Kier alpha value is -1.21. The summed E-state index contributed by atoms with van der Waals surface area (Å²) >= 11 is 0. The molecule has 400 valence electrons. The molecule has 2 amide bonds. The van der Waals surface area contributed by atoms with Crippen molar-refractivity contribution in [2.45, 2.75) is 323 Å². The second-order valence-corrected chi connectivity index (χ2v) is 21.2. The minimum absolute atomic E-state index is 0.363. The third-order valence-corrected chi connectivity index (χ3v) is 14.4. The molecule has 0 aromatic carbocycles. The van der Waals surface area contributed by atoms with Gasteiger partial charge in [0.15, 0.2) is 0 Å². The van der Waals surface area contributed by atoms with Crippen molar-refractivity contribution in [1.82, 2.24) is 14.9 Å². The van der Waals surface area contributed by atoms with E-state index in [2.05, 4.69) is 37.5 Å². The molecule has 0 saturated heterocycles. The standard InChI is InChI=1S/C56H112FN3O2.C4H8O/c1-5-9-13-17-21-25-33-41-49-58(50-42-34-26-22-18-14-10-6-2)55(61)47-39-31-29-37-45-53-60(57)54-46-38-30-32-40-48-56(62)59(51-43-35-27-23-19-15-11-7-3)52-44-36-28-24-20-16-12-8-4;5-3-4-1-2-4/h5-54H2,1-4H3;4-5H,1-3H2. The van der Waals surface area contributed by atoms with Gasteiger partial charge in [-0.05, 0) is 70.1 Å². The minimum atomic E-state index is 0.363. The van der Waals surface area contributed by atoms with Crippen LogP contribution in [-0.4, -0.2) is 77.7 Å². The Kier molecular flexibility index (Phi) is 53.2. The van der Waals surface area contributed by atoms with Gasteiger partial charge in [0, 0.05) is 58.7 Å². The molecule has 0 aliphatic heterocycles. The maximum atomic E-state index is 14.6. The van der Waals surface area contributed by atoms with E-state index in [4.69, 9.17) is 5.11 Å². The van der Waals surface area contributed by atoms with Crippen LogP contribution in [0, 0.1) is 5.92 Å². The van der Waals surface area contributed by atoms with Crippen LogP contribution >= 0.6 is 0 Å². The van der Waals surface area contributed by atoms with Crippen molar-refractivity contribution >= 4 is 11.8 Å². The second-order valence-electron chi connectivity index (χ2n) is 21.2. The number of amides is 2. The number of halogens is 1. The van der Waals surface area contributed by atoms with Gasteiger partial charge in [-0.15, -0.1) is 9.60 Å². The summed E-state index contributed by atoms with van der Waals surface area (Å²) in [6.45, 7) is 14.3. The lowest BCUT2D eigenvalue weighted by Gasteiger charge is -2.23. The molecule has 1 rings (SSSR count). The van der Waals surface area contributed by atoms with E-state index < -0.39 is 0 Å². The summed E-state index contributed by atoms with van der Waals surface area (Å²) < 4.78 is 14.6. The first-order valence-electron chi connectivity index (χ1n) is 30.5. The van der Waals surface area contributed by atoms with E-state index in [-0.39, 0.29) is 0 Å². The van der Waals surface area contributed by atoms with Gasteiger partial charge in [0.05, 0.1) is 0 Å². The predicted molar refractivity (Wildman–Crippen MR) is 291 cm³/mol. The summed E-state index contributed by atoms with van der Waals surface area (Å²) in [5.41, 5.74) is 0. The number of hydrogen-bond acceptors (Lipinski definition) is 4. The van der Waals surface area contributed by atoms with Crippen LogP contribution in [0.1, 0.15) is 323 Å². The Morgan fingerprint density at radius 1 is 0.343 bits per heavy atom. The van der Waals surface area contributed by atoms with Gasteiger partial charge in [-0.3, -0.25) is 9.59 Å². The van der Waals surface area contributed by atoms with Gasteiger partial charge in [-0.1, -0.05) is 246 Å². The third kappa shape index (κ3) is 49.6. The lowest BCUT2D eigenvalue weighted by Crippen LogP contribution is -2.32. The number of rotatable bonds is 53. The molecule has 1 N–H and O–H groups in total. The molecule has 1 saturated carbocycles. The summed E-state index contributed by atoms with van der Waals surface area (Å²) in [5.74, 6) is 1.42. The monoisotopic (exact) mass is 950 g/mol. The highest BCUT2D eigenvalue weighted by molar-refractivity contribution is 5.76. The van der Waals surface area contributed by atoms with Crippen LogP contribution < -0.4 is 0 Å². The zero-order chi connectivity index (χ0) is 48.9. The average Bonchev–Trinajstić information content (AvgIpc) is 4.18. The van der Waals surface area contributed by atoms with Gasteiger partial charge >= 0.3 is 0 Å². The summed E-state index contributed by atoms with van der Waals surface area (Å²) in [5, 5.41) is 9.23. The molecular formula is C60H120FN3O3. The molecule has 1 fully saturated rings. The molecule has 0 radical (unpaired) electrons. The molecule has 0 spiro atoms. The Bertz CT molecular complexity index is 886. The topological polar surface area (TPSA) is 64.1 Å². The van der Waals surface area contributed by atoms with E-state index in [1.54, 1.807) is 0 Å². The fourth-order valence-electron chi connectivity index (χ4n) is 9.38. The van der Waals surface area contributed by atoms with Crippen molar-refractivity contribution < 1.29 is 19.2 Å². The SMILES string of the molecule is CCCCCCCCCCN(CCCCCCCCCC)C(=O)CCCCCCCN(F)CCCCCCCC(=O)N(CCCCCCCCCC)CCCCCCCCCC.OCC1CC1. The largest absolute Gasteiger partial charge is 0.396 e. The molecule has 0 bridgehead atoms. The third-order valence-electron chi connectivity index (χ3n) is 14.4. The molecule has 0 atom stereocenters. The van der Waals surface area contributed by atoms with Crippen molar-refractivity contribution in [3.8, 4) is 0 Å². The number of nitrogens with zero attached hydrogens (tertiary/aromatic N) is 3. The number of aliphatic hydroxyl groups is 1. The number of unbranched alkanes of at least 4 members (excludes halogenated alkanes) is 36. The second kappa shape index (κ2) is 54.1. The predicted octanol–water partition coefficient (Wildman–Crippen LogP) is 18.5. The van der Waals surface area contributed by atoms with Crippen molar-refractivity contribution in [3.63, 3.8) is 0 Å². The summed E-state index contributed by atoms with van der Waals surface area (Å²) in [4.78, 5) is 30.9. The number of carbonyl (C=O) groups excluding carboxylic acids is 2.